The molecule has 0 aliphatic rings. The summed E-state index contributed by atoms with van der Waals surface area (Å²) in [5.74, 6) is 1.15. The predicted molar refractivity (Wildman–Crippen MR) is 121 cm³/mol. The molecule has 5 nitrogen and oxygen atoms in total. The van der Waals surface area contributed by atoms with Gasteiger partial charge in [-0.25, -0.2) is 9.97 Å². The van der Waals surface area contributed by atoms with Gasteiger partial charge in [0.05, 0.1) is 0 Å². The summed E-state index contributed by atoms with van der Waals surface area (Å²) < 4.78 is 0. The molecule has 4 aromatic rings. The lowest BCUT2D eigenvalue weighted by Gasteiger charge is -2.10. The zero-order chi connectivity index (χ0) is 20.9. The maximum absolute atomic E-state index is 12.6. The van der Waals surface area contributed by atoms with Crippen molar-refractivity contribution >= 4 is 23.1 Å². The molecule has 0 fully saturated rings. The van der Waals surface area contributed by atoms with Crippen molar-refractivity contribution in [3.05, 3.63) is 102 Å². The molecular weight excluding hydrogens is 372 g/mol. The third-order valence-corrected chi connectivity index (χ3v) is 4.64. The lowest BCUT2D eigenvalue weighted by molar-refractivity contribution is 0.102. The van der Waals surface area contributed by atoms with Gasteiger partial charge in [0.25, 0.3) is 5.91 Å². The van der Waals surface area contributed by atoms with Crippen molar-refractivity contribution in [2.45, 2.75) is 13.8 Å². The molecule has 1 heterocycles. The summed E-state index contributed by atoms with van der Waals surface area (Å²) in [5.41, 5.74) is 5.35. The second kappa shape index (κ2) is 8.57. The number of aromatic nitrogens is 2. The second-order valence-corrected chi connectivity index (χ2v) is 7.16. The third-order valence-electron chi connectivity index (χ3n) is 4.64. The van der Waals surface area contributed by atoms with Crippen LogP contribution in [0.25, 0.3) is 11.4 Å². The Labute approximate surface area is 175 Å². The average Bonchev–Trinajstić information content (AvgIpc) is 2.75. The molecular formula is C25H22N4O. The van der Waals surface area contributed by atoms with E-state index in [2.05, 4.69) is 20.6 Å². The lowest BCUT2D eigenvalue weighted by Crippen LogP contribution is -2.12. The summed E-state index contributed by atoms with van der Waals surface area (Å²) in [7, 11) is 0. The smallest absolute Gasteiger partial charge is 0.255 e. The van der Waals surface area contributed by atoms with E-state index in [1.165, 1.54) is 5.56 Å². The second-order valence-electron chi connectivity index (χ2n) is 7.16. The summed E-state index contributed by atoms with van der Waals surface area (Å²) in [4.78, 5) is 21.6. The molecule has 1 amide bonds. The van der Waals surface area contributed by atoms with Crippen LogP contribution < -0.4 is 10.6 Å². The van der Waals surface area contributed by atoms with Crippen LogP contribution in [0.4, 0.5) is 17.2 Å². The van der Waals surface area contributed by atoms with Gasteiger partial charge in [0.2, 0.25) is 0 Å². The molecule has 0 unspecified atom stereocenters. The summed E-state index contributed by atoms with van der Waals surface area (Å²) in [6.45, 7) is 4.04. The molecule has 0 aliphatic carbocycles. The number of aryl methyl sites for hydroxylation is 2. The van der Waals surface area contributed by atoms with Gasteiger partial charge in [-0.1, -0.05) is 48.0 Å². The largest absolute Gasteiger partial charge is 0.340 e. The molecule has 0 spiro atoms. The SMILES string of the molecule is Cc1ccc(-c2nccc(Nc3cccc(C(=O)Nc4cccc(C)c4)c3)n2)cc1. The molecule has 0 saturated carbocycles. The van der Waals surface area contributed by atoms with E-state index >= 15 is 0 Å². The van der Waals surface area contributed by atoms with Crippen LogP contribution >= 0.6 is 0 Å². The lowest BCUT2D eigenvalue weighted by atomic mass is 10.1. The molecule has 0 saturated heterocycles. The standard InChI is InChI=1S/C25H22N4O/c1-17-9-11-19(12-10-17)24-26-14-13-23(29-24)27-22-8-4-6-20(16-22)25(30)28-21-7-3-5-18(2)15-21/h3-16H,1-2H3,(H,28,30)(H,26,27,29). The fraction of sp³-hybridized carbons (Fsp3) is 0.0800. The first-order valence-electron chi connectivity index (χ1n) is 9.72. The number of hydrogen-bond acceptors (Lipinski definition) is 4. The highest BCUT2D eigenvalue weighted by Gasteiger charge is 2.08. The van der Waals surface area contributed by atoms with E-state index in [0.717, 1.165) is 22.5 Å². The molecule has 30 heavy (non-hydrogen) atoms. The fourth-order valence-corrected chi connectivity index (χ4v) is 3.08. The van der Waals surface area contributed by atoms with Gasteiger partial charge in [-0.3, -0.25) is 4.79 Å². The molecule has 148 valence electrons. The van der Waals surface area contributed by atoms with Crippen LogP contribution in [0.2, 0.25) is 0 Å². The minimum atomic E-state index is -0.160. The Balaban J connectivity index is 1.51. The number of carbonyl (C=O) groups excluding carboxylic acids is 1. The maximum Gasteiger partial charge on any atom is 0.255 e. The van der Waals surface area contributed by atoms with Crippen LogP contribution in [0.15, 0.2) is 85.1 Å². The number of benzene rings is 3. The van der Waals surface area contributed by atoms with Crippen LogP contribution in [0.5, 0.6) is 0 Å². The fourth-order valence-electron chi connectivity index (χ4n) is 3.08. The number of nitrogens with one attached hydrogen (secondary N) is 2. The number of amides is 1. The number of nitrogens with zero attached hydrogens (tertiary/aromatic N) is 2. The Hall–Kier alpha value is -3.99. The molecule has 5 heteroatoms. The van der Waals surface area contributed by atoms with Crippen molar-refractivity contribution in [1.82, 2.24) is 9.97 Å². The maximum atomic E-state index is 12.6. The van der Waals surface area contributed by atoms with Crippen molar-refractivity contribution in [2.75, 3.05) is 10.6 Å². The van der Waals surface area contributed by atoms with E-state index in [1.807, 2.05) is 74.5 Å². The Bertz CT molecular complexity index is 1190. The van der Waals surface area contributed by atoms with Gasteiger partial charge in [0.15, 0.2) is 5.82 Å². The minimum absolute atomic E-state index is 0.160. The third kappa shape index (κ3) is 4.70. The Morgan fingerprint density at radius 3 is 2.37 bits per heavy atom. The van der Waals surface area contributed by atoms with Gasteiger partial charge in [-0.15, -0.1) is 0 Å². The van der Waals surface area contributed by atoms with E-state index in [0.29, 0.717) is 17.2 Å². The van der Waals surface area contributed by atoms with Crippen molar-refractivity contribution in [3.63, 3.8) is 0 Å². The summed E-state index contributed by atoms with van der Waals surface area (Å²) >= 11 is 0. The topological polar surface area (TPSA) is 66.9 Å². The van der Waals surface area contributed by atoms with Gasteiger partial charge in [0.1, 0.15) is 5.82 Å². The van der Waals surface area contributed by atoms with Gasteiger partial charge >= 0.3 is 0 Å². The molecule has 4 rings (SSSR count). The summed E-state index contributed by atoms with van der Waals surface area (Å²) in [6.07, 6.45) is 1.72. The average molecular weight is 394 g/mol. The van der Waals surface area contributed by atoms with E-state index in [9.17, 15) is 4.79 Å². The van der Waals surface area contributed by atoms with E-state index in [1.54, 1.807) is 24.4 Å². The molecule has 0 radical (unpaired) electrons. The molecule has 0 atom stereocenters. The zero-order valence-corrected chi connectivity index (χ0v) is 16.9. The molecule has 0 aliphatic heterocycles. The van der Waals surface area contributed by atoms with Crippen LogP contribution in [0, 0.1) is 13.8 Å². The van der Waals surface area contributed by atoms with Crippen molar-refractivity contribution in [2.24, 2.45) is 0 Å². The van der Waals surface area contributed by atoms with E-state index in [-0.39, 0.29) is 5.91 Å². The van der Waals surface area contributed by atoms with Crippen molar-refractivity contribution in [3.8, 4) is 11.4 Å². The van der Waals surface area contributed by atoms with Crippen LogP contribution in [0.3, 0.4) is 0 Å². The quantitative estimate of drug-likeness (QED) is 0.452. The van der Waals surface area contributed by atoms with Gasteiger partial charge in [-0.2, -0.15) is 0 Å². The van der Waals surface area contributed by atoms with Crippen LogP contribution in [-0.4, -0.2) is 15.9 Å². The van der Waals surface area contributed by atoms with E-state index in [4.69, 9.17) is 0 Å². The highest BCUT2D eigenvalue weighted by Crippen LogP contribution is 2.21. The molecule has 2 N–H and O–H groups in total. The van der Waals surface area contributed by atoms with Gasteiger partial charge in [-0.05, 0) is 55.8 Å². The summed E-state index contributed by atoms with van der Waals surface area (Å²) in [5, 5.41) is 6.20. The predicted octanol–water partition coefficient (Wildman–Crippen LogP) is 5.76. The summed E-state index contributed by atoms with van der Waals surface area (Å²) in [6, 6.07) is 24.9. The number of anilines is 3. The monoisotopic (exact) mass is 394 g/mol. The number of rotatable bonds is 5. The highest BCUT2D eigenvalue weighted by atomic mass is 16.1. The van der Waals surface area contributed by atoms with Crippen molar-refractivity contribution < 1.29 is 4.79 Å². The van der Waals surface area contributed by atoms with Crippen LogP contribution in [-0.2, 0) is 0 Å². The molecule has 1 aromatic heterocycles. The Morgan fingerprint density at radius 2 is 1.57 bits per heavy atom. The number of carbonyl (C=O) groups is 1. The minimum Gasteiger partial charge on any atom is -0.340 e. The van der Waals surface area contributed by atoms with Crippen LogP contribution in [0.1, 0.15) is 21.5 Å². The zero-order valence-electron chi connectivity index (χ0n) is 16.9. The highest BCUT2D eigenvalue weighted by molar-refractivity contribution is 6.04. The molecule has 3 aromatic carbocycles. The van der Waals surface area contributed by atoms with E-state index < -0.39 is 0 Å². The first-order valence-corrected chi connectivity index (χ1v) is 9.72. The first-order chi connectivity index (χ1) is 14.6. The van der Waals surface area contributed by atoms with Gasteiger partial charge < -0.3 is 10.6 Å². The normalized spacial score (nSPS) is 10.5. The Kier molecular flexibility index (Phi) is 5.52. The first kappa shape index (κ1) is 19.3. The number of hydrogen-bond donors (Lipinski definition) is 2. The Morgan fingerprint density at radius 1 is 0.800 bits per heavy atom. The van der Waals surface area contributed by atoms with Gasteiger partial charge in [0, 0.05) is 28.7 Å². The molecule has 0 bridgehead atoms. The van der Waals surface area contributed by atoms with Crippen molar-refractivity contribution in [1.29, 1.82) is 0 Å².